The average Bonchev–Trinajstić information content (AvgIpc) is 3.12. The molecule has 0 bridgehead atoms. The first-order valence-electron chi connectivity index (χ1n) is 7.55. The highest BCUT2D eigenvalue weighted by atomic mass is 32.2. The van der Waals surface area contributed by atoms with Crippen LogP contribution in [0.5, 0.6) is 0 Å². The largest absolute Gasteiger partial charge is 0.419 e. The first kappa shape index (κ1) is 17.7. The zero-order valence-corrected chi connectivity index (χ0v) is 15.3. The van der Waals surface area contributed by atoms with Crippen LogP contribution in [0.1, 0.15) is 12.7 Å². The van der Waals surface area contributed by atoms with Crippen LogP contribution in [0.15, 0.2) is 37.5 Å². The van der Waals surface area contributed by atoms with Crippen LogP contribution >= 0.6 is 11.8 Å². The lowest BCUT2D eigenvalue weighted by atomic mass is 10.3. The maximum absolute atomic E-state index is 12.4. The van der Waals surface area contributed by atoms with Gasteiger partial charge in [-0.1, -0.05) is 11.8 Å². The number of aromatic nitrogens is 4. The molecule has 3 rings (SSSR count). The summed E-state index contributed by atoms with van der Waals surface area (Å²) in [7, 11) is -3.69. The van der Waals surface area contributed by atoms with Crippen LogP contribution in [0.2, 0.25) is 0 Å². The zero-order chi connectivity index (χ0) is 18.0. The van der Waals surface area contributed by atoms with Crippen LogP contribution in [0.25, 0.3) is 11.1 Å². The summed E-state index contributed by atoms with van der Waals surface area (Å²) >= 11 is 1.34. The van der Waals surface area contributed by atoms with Crippen LogP contribution in [0, 0.1) is 6.92 Å². The monoisotopic (exact) mass is 383 g/mol. The number of hydrogen-bond acceptors (Lipinski definition) is 7. The second-order valence-electron chi connectivity index (χ2n) is 5.19. The summed E-state index contributed by atoms with van der Waals surface area (Å²) in [4.78, 5) is 15.9. The standard InChI is InChI=1S/C14H17N5O4S2/c1-3-19-11-5-4-10(8-12(11)23-14(19)20)25(21,22)15-6-7-24-13-16-9(2)17-18-13/h4-5,8,15H,3,6-7H2,1-2H3,(H,16,17,18). The highest BCUT2D eigenvalue weighted by Crippen LogP contribution is 2.18. The number of hydrogen-bond donors (Lipinski definition) is 2. The summed E-state index contributed by atoms with van der Waals surface area (Å²) in [6.07, 6.45) is 0. The lowest BCUT2D eigenvalue weighted by Crippen LogP contribution is -2.26. The number of H-pyrrole nitrogens is 1. The minimum Gasteiger partial charge on any atom is -0.408 e. The van der Waals surface area contributed by atoms with Gasteiger partial charge in [-0.2, -0.15) is 0 Å². The van der Waals surface area contributed by atoms with E-state index in [-0.39, 0.29) is 17.0 Å². The molecular weight excluding hydrogens is 366 g/mol. The number of rotatable bonds is 7. The van der Waals surface area contributed by atoms with Crippen molar-refractivity contribution in [3.63, 3.8) is 0 Å². The number of aromatic amines is 1. The Balaban J connectivity index is 1.69. The quantitative estimate of drug-likeness (QED) is 0.463. The van der Waals surface area contributed by atoms with E-state index >= 15 is 0 Å². The summed E-state index contributed by atoms with van der Waals surface area (Å²) in [5.41, 5.74) is 0.822. The van der Waals surface area contributed by atoms with Crippen molar-refractivity contribution in [1.29, 1.82) is 0 Å². The van der Waals surface area contributed by atoms with E-state index in [1.54, 1.807) is 13.0 Å². The van der Waals surface area contributed by atoms with Crippen molar-refractivity contribution < 1.29 is 12.8 Å². The zero-order valence-electron chi connectivity index (χ0n) is 13.6. The Morgan fingerprint density at radius 3 is 2.88 bits per heavy atom. The van der Waals surface area contributed by atoms with Gasteiger partial charge in [0, 0.05) is 24.9 Å². The minimum absolute atomic E-state index is 0.0516. The van der Waals surface area contributed by atoms with Crippen LogP contribution < -0.4 is 10.5 Å². The molecule has 1 aromatic carbocycles. The highest BCUT2D eigenvalue weighted by molar-refractivity contribution is 7.99. The summed E-state index contributed by atoms with van der Waals surface area (Å²) < 4.78 is 33.8. The van der Waals surface area contributed by atoms with Gasteiger partial charge in [0.2, 0.25) is 15.2 Å². The molecule has 0 aliphatic heterocycles. The lowest BCUT2D eigenvalue weighted by molar-refractivity contribution is 0.512. The van der Waals surface area contributed by atoms with Gasteiger partial charge in [-0.3, -0.25) is 9.67 Å². The van der Waals surface area contributed by atoms with E-state index in [4.69, 9.17) is 4.42 Å². The Hall–Kier alpha value is -2.11. The van der Waals surface area contributed by atoms with Crippen molar-refractivity contribution in [1.82, 2.24) is 24.5 Å². The number of nitrogens with one attached hydrogen (secondary N) is 2. The third kappa shape index (κ3) is 3.78. The molecule has 3 aromatic rings. The van der Waals surface area contributed by atoms with E-state index in [1.165, 1.54) is 28.5 Å². The molecule has 0 spiro atoms. The molecule has 0 saturated carbocycles. The topological polar surface area (TPSA) is 123 Å². The molecular formula is C14H17N5O4S2. The second-order valence-corrected chi connectivity index (χ2v) is 8.02. The van der Waals surface area contributed by atoms with E-state index in [9.17, 15) is 13.2 Å². The molecule has 134 valence electrons. The fourth-order valence-electron chi connectivity index (χ4n) is 2.30. The van der Waals surface area contributed by atoms with Crippen LogP contribution in [0.3, 0.4) is 0 Å². The number of oxazole rings is 1. The van der Waals surface area contributed by atoms with Gasteiger partial charge in [-0.15, -0.1) is 5.10 Å². The maximum Gasteiger partial charge on any atom is 0.419 e. The molecule has 2 heterocycles. The molecule has 0 saturated heterocycles. The van der Waals surface area contributed by atoms with Crippen molar-refractivity contribution in [3.8, 4) is 0 Å². The number of sulfonamides is 1. The Morgan fingerprint density at radius 2 is 2.20 bits per heavy atom. The van der Waals surface area contributed by atoms with Crippen molar-refractivity contribution in [2.45, 2.75) is 30.4 Å². The van der Waals surface area contributed by atoms with Crippen LogP contribution in [-0.2, 0) is 16.6 Å². The molecule has 25 heavy (non-hydrogen) atoms. The Labute approximate surface area is 147 Å². The van der Waals surface area contributed by atoms with E-state index in [0.717, 1.165) is 0 Å². The number of thioether (sulfide) groups is 1. The van der Waals surface area contributed by atoms with Gasteiger partial charge in [-0.25, -0.2) is 22.9 Å². The Kier molecular flexibility index (Phi) is 4.97. The van der Waals surface area contributed by atoms with Gasteiger partial charge in [0.1, 0.15) is 5.82 Å². The molecule has 0 aliphatic carbocycles. The molecule has 0 amide bonds. The predicted octanol–water partition coefficient (Wildman–Crippen LogP) is 1.11. The van der Waals surface area contributed by atoms with E-state index in [2.05, 4.69) is 19.9 Å². The second kappa shape index (κ2) is 7.02. The number of nitrogens with zero attached hydrogens (tertiary/aromatic N) is 3. The van der Waals surface area contributed by atoms with E-state index < -0.39 is 15.8 Å². The third-order valence-corrected chi connectivity index (χ3v) is 5.78. The first-order chi connectivity index (χ1) is 11.9. The molecule has 2 aromatic heterocycles. The molecule has 0 radical (unpaired) electrons. The van der Waals surface area contributed by atoms with Crippen molar-refractivity contribution in [2.75, 3.05) is 12.3 Å². The molecule has 0 unspecified atom stereocenters. The molecule has 9 nitrogen and oxygen atoms in total. The molecule has 11 heteroatoms. The first-order valence-corrected chi connectivity index (χ1v) is 10.0. The summed E-state index contributed by atoms with van der Waals surface area (Å²) in [5, 5.41) is 7.26. The highest BCUT2D eigenvalue weighted by Gasteiger charge is 2.17. The fraction of sp³-hybridized carbons (Fsp3) is 0.357. The van der Waals surface area contributed by atoms with Crippen molar-refractivity contribution in [3.05, 3.63) is 34.6 Å². The molecule has 0 aliphatic rings. The van der Waals surface area contributed by atoms with Gasteiger partial charge in [-0.05, 0) is 26.0 Å². The smallest absolute Gasteiger partial charge is 0.408 e. The number of benzene rings is 1. The summed E-state index contributed by atoms with van der Waals surface area (Å²) in [5.74, 6) is 0.690. The van der Waals surface area contributed by atoms with Gasteiger partial charge in [0.15, 0.2) is 5.58 Å². The average molecular weight is 383 g/mol. The molecule has 0 atom stereocenters. The normalized spacial score (nSPS) is 12.1. The maximum atomic E-state index is 12.4. The third-order valence-electron chi connectivity index (χ3n) is 3.47. The fourth-order valence-corrected chi connectivity index (χ4v) is 4.18. The minimum atomic E-state index is -3.69. The Morgan fingerprint density at radius 1 is 1.40 bits per heavy atom. The predicted molar refractivity (Wildman–Crippen MR) is 93.2 cm³/mol. The Bertz CT molecular complexity index is 1050. The van der Waals surface area contributed by atoms with E-state index in [0.29, 0.717) is 28.8 Å². The summed E-state index contributed by atoms with van der Waals surface area (Å²) in [6, 6.07) is 4.39. The van der Waals surface area contributed by atoms with Crippen LogP contribution in [-0.4, -0.2) is 40.5 Å². The van der Waals surface area contributed by atoms with Gasteiger partial charge >= 0.3 is 5.76 Å². The van der Waals surface area contributed by atoms with E-state index in [1.807, 2.05) is 6.92 Å². The molecule has 2 N–H and O–H groups in total. The van der Waals surface area contributed by atoms with Gasteiger partial charge in [0.05, 0.1) is 10.4 Å². The number of fused-ring (bicyclic) bond motifs is 1. The lowest BCUT2D eigenvalue weighted by Gasteiger charge is -2.06. The van der Waals surface area contributed by atoms with Gasteiger partial charge < -0.3 is 4.42 Å². The number of aryl methyl sites for hydroxylation is 2. The molecule has 0 fully saturated rings. The van der Waals surface area contributed by atoms with Crippen LogP contribution in [0.4, 0.5) is 0 Å². The van der Waals surface area contributed by atoms with Crippen molar-refractivity contribution >= 4 is 32.9 Å². The SMILES string of the molecule is CCn1c(=O)oc2cc(S(=O)(=O)NCCSc3n[nH]c(C)n3)ccc21. The van der Waals surface area contributed by atoms with Gasteiger partial charge in [0.25, 0.3) is 0 Å². The summed E-state index contributed by atoms with van der Waals surface area (Å²) in [6.45, 7) is 4.28. The van der Waals surface area contributed by atoms with Crippen molar-refractivity contribution in [2.24, 2.45) is 0 Å².